The van der Waals surface area contributed by atoms with E-state index in [1.807, 2.05) is 13.8 Å². The molecule has 0 aliphatic heterocycles. The van der Waals surface area contributed by atoms with E-state index in [9.17, 15) is 0 Å². The van der Waals surface area contributed by atoms with Gasteiger partial charge in [-0.1, -0.05) is 11.6 Å². The molecule has 0 atom stereocenters. The van der Waals surface area contributed by atoms with Crippen LogP contribution in [0.1, 0.15) is 13.8 Å². The average Bonchev–Trinajstić information content (AvgIpc) is 2.19. The van der Waals surface area contributed by atoms with Crippen LogP contribution in [0.25, 0.3) is 0 Å². The molecule has 0 saturated carbocycles. The molecule has 1 rings (SSSR count). The van der Waals surface area contributed by atoms with Gasteiger partial charge in [0.2, 0.25) is 11.9 Å². The Morgan fingerprint density at radius 1 is 1.22 bits per heavy atom. The maximum Gasteiger partial charge on any atom is 0.218 e. The molecule has 0 spiro atoms. The van der Waals surface area contributed by atoms with E-state index >= 15 is 0 Å². The molecule has 5 N–H and O–H groups in total. The molecule has 0 aliphatic carbocycles. The van der Waals surface area contributed by atoms with E-state index in [2.05, 4.69) is 15.3 Å². The van der Waals surface area contributed by atoms with E-state index in [0.29, 0.717) is 5.02 Å². The molecule has 0 bridgehead atoms. The fraction of sp³-hybridized carbons (Fsp3) is 0.273. The van der Waals surface area contributed by atoms with Gasteiger partial charge in [-0.05, 0) is 38.1 Å². The predicted molar refractivity (Wildman–Crippen MR) is 73.5 cm³/mol. The second kappa shape index (κ2) is 7.79. The number of rotatable bonds is 2. The fourth-order valence-electron chi connectivity index (χ4n) is 1.13. The Morgan fingerprint density at radius 2 is 1.78 bits per heavy atom. The molecular formula is C11H16Cl2N5-. The Labute approximate surface area is 118 Å². The van der Waals surface area contributed by atoms with E-state index in [-0.39, 0.29) is 30.4 Å². The molecule has 5 nitrogen and oxygen atoms in total. The molecule has 7 heteroatoms. The number of guanidine groups is 2. The van der Waals surface area contributed by atoms with Crippen LogP contribution in [0.4, 0.5) is 5.69 Å². The van der Waals surface area contributed by atoms with Gasteiger partial charge in [-0.3, -0.25) is 0 Å². The molecule has 0 fully saturated rings. The number of nitrogens with two attached hydrogens (primary N) is 2. The summed E-state index contributed by atoms with van der Waals surface area (Å²) in [6.07, 6.45) is 0. The lowest BCUT2D eigenvalue weighted by Gasteiger charge is -2.05. The van der Waals surface area contributed by atoms with Crippen molar-refractivity contribution in [3.8, 4) is 0 Å². The molecule has 0 unspecified atom stereocenters. The van der Waals surface area contributed by atoms with E-state index in [4.69, 9.17) is 23.1 Å². The highest BCUT2D eigenvalue weighted by Crippen LogP contribution is 2.12. The summed E-state index contributed by atoms with van der Waals surface area (Å²) in [5.74, 6) is 0.341. The van der Waals surface area contributed by atoms with Crippen molar-refractivity contribution < 1.29 is 12.4 Å². The Hall–Kier alpha value is -1.46. The van der Waals surface area contributed by atoms with Gasteiger partial charge in [0.25, 0.3) is 0 Å². The third kappa shape index (κ3) is 6.32. The normalized spacial score (nSPS) is 12.2. The standard InChI is InChI=1S/C11H16ClN5.ClH/c1-7(2)15-10(13)17-11(14)16-9-5-3-8(12)4-6-9;/h3-7H,1-2H3,(H5,13,14,15,16,17);1H/p-1. The quantitative estimate of drug-likeness (QED) is 0.472. The molecule has 100 valence electrons. The van der Waals surface area contributed by atoms with E-state index < -0.39 is 0 Å². The minimum atomic E-state index is 0. The molecular weight excluding hydrogens is 273 g/mol. The molecule has 18 heavy (non-hydrogen) atoms. The molecule has 1 aromatic rings. The maximum atomic E-state index is 5.76. The zero-order valence-corrected chi connectivity index (χ0v) is 11.7. The van der Waals surface area contributed by atoms with Crippen molar-refractivity contribution in [1.29, 1.82) is 0 Å². The van der Waals surface area contributed by atoms with Crippen molar-refractivity contribution >= 4 is 29.2 Å². The summed E-state index contributed by atoms with van der Waals surface area (Å²) < 4.78 is 0. The fourth-order valence-corrected chi connectivity index (χ4v) is 1.25. The van der Waals surface area contributed by atoms with E-state index in [0.717, 1.165) is 5.69 Å². The van der Waals surface area contributed by atoms with Crippen LogP contribution >= 0.6 is 11.6 Å². The lowest BCUT2D eigenvalue weighted by Crippen LogP contribution is -3.00. The summed E-state index contributed by atoms with van der Waals surface area (Å²) in [6, 6.07) is 7.17. The van der Waals surface area contributed by atoms with Crippen molar-refractivity contribution in [3.05, 3.63) is 29.3 Å². The van der Waals surface area contributed by atoms with E-state index in [1.165, 1.54) is 0 Å². The van der Waals surface area contributed by atoms with Gasteiger partial charge in [0.05, 0.1) is 0 Å². The molecule has 0 radical (unpaired) electrons. The number of hydrogen-bond acceptors (Lipinski definition) is 1. The Bertz CT molecular complexity index is 426. The molecule has 0 saturated heterocycles. The van der Waals surface area contributed by atoms with Crippen LogP contribution in [0.2, 0.25) is 5.02 Å². The minimum Gasteiger partial charge on any atom is -1.00 e. The zero-order chi connectivity index (χ0) is 12.8. The van der Waals surface area contributed by atoms with Gasteiger partial charge in [0, 0.05) is 16.8 Å². The number of hydrogen-bond donors (Lipinski definition) is 3. The highest BCUT2D eigenvalue weighted by Gasteiger charge is 1.97. The molecule has 1 aromatic carbocycles. The van der Waals surface area contributed by atoms with Gasteiger partial charge in [0.15, 0.2) is 0 Å². The summed E-state index contributed by atoms with van der Waals surface area (Å²) >= 11 is 5.76. The Morgan fingerprint density at radius 3 is 2.28 bits per heavy atom. The van der Waals surface area contributed by atoms with Crippen molar-refractivity contribution in [2.75, 3.05) is 5.32 Å². The summed E-state index contributed by atoms with van der Waals surface area (Å²) in [5.41, 5.74) is 12.0. The van der Waals surface area contributed by atoms with Crippen LogP contribution in [-0.2, 0) is 0 Å². The number of nitrogens with zero attached hydrogens (tertiary/aromatic N) is 2. The number of nitrogens with one attached hydrogen (secondary N) is 1. The predicted octanol–water partition coefficient (Wildman–Crippen LogP) is -1.21. The summed E-state index contributed by atoms with van der Waals surface area (Å²) in [6.45, 7) is 3.82. The van der Waals surface area contributed by atoms with Crippen molar-refractivity contribution in [3.63, 3.8) is 0 Å². The van der Waals surface area contributed by atoms with Gasteiger partial charge in [-0.15, -0.1) is 0 Å². The highest BCUT2D eigenvalue weighted by atomic mass is 35.5. The molecule has 0 heterocycles. The van der Waals surface area contributed by atoms with Crippen LogP contribution in [-0.4, -0.2) is 18.0 Å². The van der Waals surface area contributed by atoms with Gasteiger partial charge < -0.3 is 29.2 Å². The number of aliphatic imine (C=N–C) groups is 2. The second-order valence-corrected chi connectivity index (χ2v) is 4.15. The van der Waals surface area contributed by atoms with Gasteiger partial charge in [-0.25, -0.2) is 4.99 Å². The smallest absolute Gasteiger partial charge is 0.218 e. The molecule has 0 aromatic heterocycles. The number of anilines is 1. The third-order valence-electron chi connectivity index (χ3n) is 1.74. The summed E-state index contributed by atoms with van der Waals surface area (Å²) in [4.78, 5) is 7.95. The number of halogens is 2. The summed E-state index contributed by atoms with van der Waals surface area (Å²) in [7, 11) is 0. The topological polar surface area (TPSA) is 88.8 Å². The summed E-state index contributed by atoms with van der Waals surface area (Å²) in [5, 5.41) is 3.54. The van der Waals surface area contributed by atoms with Crippen LogP contribution in [0.5, 0.6) is 0 Å². The minimum absolute atomic E-state index is 0. The van der Waals surface area contributed by atoms with Crippen molar-refractivity contribution in [1.82, 2.24) is 0 Å². The first kappa shape index (κ1) is 16.5. The van der Waals surface area contributed by atoms with Gasteiger partial charge >= 0.3 is 0 Å². The van der Waals surface area contributed by atoms with Crippen LogP contribution in [0.15, 0.2) is 34.3 Å². The Kier molecular flexibility index (Phi) is 7.16. The lowest BCUT2D eigenvalue weighted by molar-refractivity contribution is -0.00000408. The third-order valence-corrected chi connectivity index (χ3v) is 1.99. The first-order chi connectivity index (χ1) is 7.97. The lowest BCUT2D eigenvalue weighted by atomic mass is 10.3. The largest absolute Gasteiger partial charge is 1.00 e. The van der Waals surface area contributed by atoms with Crippen LogP contribution < -0.4 is 29.2 Å². The average molecular weight is 289 g/mol. The maximum absolute atomic E-state index is 5.76. The Balaban J connectivity index is 0.00000289. The molecule has 0 amide bonds. The van der Waals surface area contributed by atoms with E-state index in [1.54, 1.807) is 24.3 Å². The molecule has 0 aliphatic rings. The van der Waals surface area contributed by atoms with Crippen LogP contribution in [0, 0.1) is 0 Å². The van der Waals surface area contributed by atoms with Gasteiger partial charge in [0.1, 0.15) is 0 Å². The monoisotopic (exact) mass is 288 g/mol. The van der Waals surface area contributed by atoms with Gasteiger partial charge in [-0.2, -0.15) is 4.99 Å². The number of benzene rings is 1. The van der Waals surface area contributed by atoms with Crippen molar-refractivity contribution in [2.24, 2.45) is 21.5 Å². The first-order valence-electron chi connectivity index (χ1n) is 5.17. The van der Waals surface area contributed by atoms with Crippen molar-refractivity contribution in [2.45, 2.75) is 19.9 Å². The second-order valence-electron chi connectivity index (χ2n) is 3.71. The zero-order valence-electron chi connectivity index (χ0n) is 10.2. The highest BCUT2D eigenvalue weighted by molar-refractivity contribution is 6.30. The first-order valence-corrected chi connectivity index (χ1v) is 5.55. The SMILES string of the molecule is CC(C)N=C(N)N=C(N)Nc1ccc(Cl)cc1.[Cl-]. The van der Waals surface area contributed by atoms with Crippen LogP contribution in [0.3, 0.4) is 0 Å².